The third kappa shape index (κ3) is 2.82. The van der Waals surface area contributed by atoms with Gasteiger partial charge in [-0.05, 0) is 43.0 Å². The van der Waals surface area contributed by atoms with Crippen LogP contribution in [0.3, 0.4) is 0 Å². The van der Waals surface area contributed by atoms with Crippen LogP contribution in [0.2, 0.25) is 0 Å². The number of imidazole rings is 1. The number of nitriles is 1. The third-order valence-corrected chi connectivity index (χ3v) is 5.91. The van der Waals surface area contributed by atoms with E-state index in [0.29, 0.717) is 17.0 Å². The summed E-state index contributed by atoms with van der Waals surface area (Å²) in [5.74, 6) is 0.601. The second kappa shape index (κ2) is 7.00. The molecule has 0 N–H and O–H groups in total. The van der Waals surface area contributed by atoms with Crippen LogP contribution >= 0.6 is 11.8 Å². The molecule has 5 nitrogen and oxygen atoms in total. The largest absolute Gasteiger partial charge is 0.342 e. The first-order valence-corrected chi connectivity index (χ1v) is 9.95. The number of benzene rings is 1. The number of carbonyl (C=O) groups is 1. The van der Waals surface area contributed by atoms with Gasteiger partial charge in [0.25, 0.3) is 0 Å². The minimum atomic E-state index is 0.187. The molecule has 4 rings (SSSR count). The van der Waals surface area contributed by atoms with Crippen molar-refractivity contribution in [2.45, 2.75) is 31.2 Å². The van der Waals surface area contributed by atoms with E-state index in [1.54, 1.807) is 0 Å². The smallest absolute Gasteiger partial charge is 0.232 e. The predicted octanol–water partition coefficient (Wildman–Crippen LogP) is 3.64. The van der Waals surface area contributed by atoms with Crippen LogP contribution in [0.4, 0.5) is 0 Å². The Balaban J connectivity index is 1.80. The molecule has 0 spiro atoms. The predicted molar refractivity (Wildman–Crippen MR) is 103 cm³/mol. The summed E-state index contributed by atoms with van der Waals surface area (Å²) in [5, 5.41) is 10.6. The molecule has 1 aliphatic heterocycles. The number of thioether (sulfide) groups is 1. The molecule has 0 aliphatic carbocycles. The summed E-state index contributed by atoms with van der Waals surface area (Å²) in [5.41, 5.74) is 4.12. The van der Waals surface area contributed by atoms with Crippen molar-refractivity contribution in [2.75, 3.05) is 18.8 Å². The maximum Gasteiger partial charge on any atom is 0.232 e. The van der Waals surface area contributed by atoms with E-state index < -0.39 is 0 Å². The van der Waals surface area contributed by atoms with Crippen LogP contribution in [-0.2, 0) is 11.2 Å². The number of pyridine rings is 1. The lowest BCUT2D eigenvalue weighted by Crippen LogP contribution is -2.29. The normalized spacial score (nSPS) is 14.2. The van der Waals surface area contributed by atoms with Gasteiger partial charge in [0.1, 0.15) is 6.07 Å². The molecule has 0 radical (unpaired) electrons. The van der Waals surface area contributed by atoms with E-state index in [2.05, 4.69) is 6.07 Å². The van der Waals surface area contributed by atoms with Crippen molar-refractivity contribution in [3.8, 4) is 6.07 Å². The summed E-state index contributed by atoms with van der Waals surface area (Å²) < 4.78 is 2.02. The van der Waals surface area contributed by atoms with Crippen molar-refractivity contribution >= 4 is 34.3 Å². The van der Waals surface area contributed by atoms with Gasteiger partial charge in [0.15, 0.2) is 5.65 Å². The van der Waals surface area contributed by atoms with Gasteiger partial charge < -0.3 is 4.90 Å². The monoisotopic (exact) mass is 364 g/mol. The van der Waals surface area contributed by atoms with Crippen LogP contribution in [0.1, 0.15) is 30.9 Å². The lowest BCUT2D eigenvalue weighted by atomic mass is 10.1. The fourth-order valence-corrected chi connectivity index (χ4v) is 4.54. The highest BCUT2D eigenvalue weighted by Gasteiger charge is 2.20. The van der Waals surface area contributed by atoms with E-state index >= 15 is 0 Å². The van der Waals surface area contributed by atoms with Crippen molar-refractivity contribution in [3.05, 3.63) is 41.5 Å². The van der Waals surface area contributed by atoms with Gasteiger partial charge in [-0.25, -0.2) is 4.98 Å². The zero-order chi connectivity index (χ0) is 18.1. The van der Waals surface area contributed by atoms with Gasteiger partial charge in [0, 0.05) is 13.1 Å². The molecule has 0 saturated carbocycles. The fraction of sp³-hybridized carbons (Fsp3) is 0.350. The first-order valence-electron chi connectivity index (χ1n) is 8.96. The maximum atomic E-state index is 12.5. The Morgan fingerprint density at radius 3 is 2.81 bits per heavy atom. The van der Waals surface area contributed by atoms with Crippen molar-refractivity contribution in [1.82, 2.24) is 14.3 Å². The second-order valence-corrected chi connectivity index (χ2v) is 7.48. The number of para-hydroxylation sites is 2. The minimum Gasteiger partial charge on any atom is -0.342 e. The summed E-state index contributed by atoms with van der Waals surface area (Å²) in [4.78, 5) is 19.1. The first kappa shape index (κ1) is 16.9. The fourth-order valence-electron chi connectivity index (χ4n) is 3.55. The summed E-state index contributed by atoms with van der Waals surface area (Å²) in [6.07, 6.45) is 2.96. The second-order valence-electron chi connectivity index (χ2n) is 6.48. The topological polar surface area (TPSA) is 61.4 Å². The SMILES string of the molecule is CCc1cc(SCC(=O)N2CCCC2)n2c(nc3ccccc32)c1C#N. The average molecular weight is 364 g/mol. The van der Waals surface area contributed by atoms with Gasteiger partial charge >= 0.3 is 0 Å². The van der Waals surface area contributed by atoms with E-state index in [1.165, 1.54) is 11.8 Å². The van der Waals surface area contributed by atoms with E-state index in [9.17, 15) is 10.1 Å². The van der Waals surface area contributed by atoms with Crippen molar-refractivity contribution in [1.29, 1.82) is 5.26 Å². The number of fused-ring (bicyclic) bond motifs is 3. The molecule has 6 heteroatoms. The van der Waals surface area contributed by atoms with Crippen molar-refractivity contribution in [2.24, 2.45) is 0 Å². The first-order chi connectivity index (χ1) is 12.7. The molecule has 1 amide bonds. The molecule has 0 atom stereocenters. The van der Waals surface area contributed by atoms with Gasteiger partial charge in [0.05, 0.1) is 27.4 Å². The summed E-state index contributed by atoms with van der Waals surface area (Å²) in [6, 6.07) is 12.3. The molecule has 0 bridgehead atoms. The van der Waals surface area contributed by atoms with Gasteiger partial charge in [-0.15, -0.1) is 0 Å². The van der Waals surface area contributed by atoms with Crippen LogP contribution in [0.25, 0.3) is 16.7 Å². The molecule has 1 fully saturated rings. The average Bonchev–Trinajstić information content (AvgIpc) is 3.33. The van der Waals surface area contributed by atoms with Crippen LogP contribution in [0, 0.1) is 11.3 Å². The zero-order valence-electron chi connectivity index (χ0n) is 14.7. The zero-order valence-corrected chi connectivity index (χ0v) is 15.6. The number of hydrogen-bond acceptors (Lipinski definition) is 4. The Bertz CT molecular complexity index is 1030. The molecule has 26 heavy (non-hydrogen) atoms. The molecule has 1 saturated heterocycles. The molecule has 132 valence electrons. The molecule has 3 aromatic rings. The quantitative estimate of drug-likeness (QED) is 0.663. The molecular formula is C20H20N4OS. The number of rotatable bonds is 4. The Morgan fingerprint density at radius 2 is 2.08 bits per heavy atom. The number of aromatic nitrogens is 2. The van der Waals surface area contributed by atoms with Crippen LogP contribution < -0.4 is 0 Å². The highest BCUT2D eigenvalue weighted by Crippen LogP contribution is 2.30. The summed E-state index contributed by atoms with van der Waals surface area (Å²) in [7, 11) is 0. The minimum absolute atomic E-state index is 0.187. The van der Waals surface area contributed by atoms with Crippen molar-refractivity contribution < 1.29 is 4.79 Å². The number of aryl methyl sites for hydroxylation is 1. The van der Waals surface area contributed by atoms with E-state index in [4.69, 9.17) is 4.98 Å². The molecular weight excluding hydrogens is 344 g/mol. The lowest BCUT2D eigenvalue weighted by molar-refractivity contribution is -0.127. The number of nitrogens with zero attached hydrogens (tertiary/aromatic N) is 4. The van der Waals surface area contributed by atoms with Gasteiger partial charge in [-0.3, -0.25) is 9.20 Å². The number of hydrogen-bond donors (Lipinski definition) is 0. The number of amides is 1. The standard InChI is InChI=1S/C20H20N4OS/c1-2-14-11-19(26-13-18(25)23-9-5-6-10-23)24-17-8-4-3-7-16(17)22-20(24)15(14)12-21/h3-4,7-8,11H,2,5-6,9-10,13H2,1H3. The van der Waals surface area contributed by atoms with E-state index in [0.717, 1.165) is 54.0 Å². The highest BCUT2D eigenvalue weighted by atomic mass is 32.2. The van der Waals surface area contributed by atoms with Crippen LogP contribution in [0.15, 0.2) is 35.4 Å². The van der Waals surface area contributed by atoms with E-state index in [1.807, 2.05) is 46.6 Å². The number of likely N-dealkylation sites (tertiary alicyclic amines) is 1. The Kier molecular flexibility index (Phi) is 4.56. The Labute approximate surface area is 156 Å². The van der Waals surface area contributed by atoms with Gasteiger partial charge in [-0.2, -0.15) is 5.26 Å². The van der Waals surface area contributed by atoms with Crippen LogP contribution in [0.5, 0.6) is 0 Å². The van der Waals surface area contributed by atoms with Crippen LogP contribution in [-0.4, -0.2) is 39.0 Å². The highest BCUT2D eigenvalue weighted by molar-refractivity contribution is 7.99. The molecule has 2 aromatic heterocycles. The Hall–Kier alpha value is -2.52. The van der Waals surface area contributed by atoms with Crippen molar-refractivity contribution in [3.63, 3.8) is 0 Å². The summed E-state index contributed by atoms with van der Waals surface area (Å²) in [6.45, 7) is 3.78. The molecule has 1 aliphatic rings. The molecule has 1 aromatic carbocycles. The maximum absolute atomic E-state index is 12.5. The number of carbonyl (C=O) groups excluding carboxylic acids is 1. The van der Waals surface area contributed by atoms with Gasteiger partial charge in [-0.1, -0.05) is 30.8 Å². The Morgan fingerprint density at radius 1 is 1.31 bits per heavy atom. The van der Waals surface area contributed by atoms with Gasteiger partial charge in [0.2, 0.25) is 5.91 Å². The molecule has 0 unspecified atom stereocenters. The molecule has 3 heterocycles. The third-order valence-electron chi connectivity index (χ3n) is 4.92. The lowest BCUT2D eigenvalue weighted by Gasteiger charge is -2.16. The summed E-state index contributed by atoms with van der Waals surface area (Å²) >= 11 is 1.54. The van der Waals surface area contributed by atoms with E-state index in [-0.39, 0.29) is 5.91 Å².